The molecule has 35 heavy (non-hydrogen) atoms. The van der Waals surface area contributed by atoms with Crippen molar-refractivity contribution in [1.29, 1.82) is 0 Å². The molecule has 0 radical (unpaired) electrons. The van der Waals surface area contributed by atoms with Crippen LogP contribution in [-0.4, -0.2) is 42.0 Å². The van der Waals surface area contributed by atoms with Gasteiger partial charge in [-0.25, -0.2) is 4.98 Å². The molecule has 0 aliphatic heterocycles. The van der Waals surface area contributed by atoms with E-state index in [-0.39, 0.29) is 11.6 Å². The fraction of sp³-hybridized carbons (Fsp3) is 0.346. The number of thiazole rings is 1. The van der Waals surface area contributed by atoms with Crippen molar-refractivity contribution in [2.45, 2.75) is 38.8 Å². The minimum Gasteiger partial charge on any atom is -0.497 e. The van der Waals surface area contributed by atoms with E-state index in [1.807, 2.05) is 42.5 Å². The van der Waals surface area contributed by atoms with Gasteiger partial charge in [-0.15, -0.1) is 5.10 Å². The third-order valence-electron chi connectivity index (χ3n) is 5.91. The normalized spacial score (nSPS) is 13.7. The molecule has 2 aromatic carbocycles. The quantitative estimate of drug-likeness (QED) is 0.362. The lowest BCUT2D eigenvalue weighted by atomic mass is 10.0. The molecule has 2 heterocycles. The summed E-state index contributed by atoms with van der Waals surface area (Å²) in [7, 11) is 4.83. The molecule has 0 bridgehead atoms. The Hall–Kier alpha value is -3.43. The van der Waals surface area contributed by atoms with Crippen molar-refractivity contribution >= 4 is 22.4 Å². The Morgan fingerprint density at radius 2 is 1.89 bits per heavy atom. The number of aromatic nitrogens is 3. The standard InChI is InChI=1S/C26H30N4O4S/c1-6-16(2)27-20(18-8-7-9-19(14-18)32-3)15-24-28-26-30(29-24)25(31)23(35-26)13-17-10-11-21(33-4)22(12-17)34-5/h7-14,16,20,27H,6,15H2,1-5H3/b23-13-. The van der Waals surface area contributed by atoms with Crippen molar-refractivity contribution in [2.75, 3.05) is 21.3 Å². The fourth-order valence-corrected chi connectivity index (χ4v) is 4.76. The van der Waals surface area contributed by atoms with E-state index < -0.39 is 0 Å². The van der Waals surface area contributed by atoms with Gasteiger partial charge in [-0.3, -0.25) is 4.79 Å². The largest absolute Gasteiger partial charge is 0.497 e. The molecule has 0 fully saturated rings. The first-order chi connectivity index (χ1) is 16.9. The maximum Gasteiger partial charge on any atom is 0.291 e. The third-order valence-corrected chi connectivity index (χ3v) is 6.87. The van der Waals surface area contributed by atoms with E-state index in [0.29, 0.717) is 39.3 Å². The van der Waals surface area contributed by atoms with Crippen LogP contribution in [0.1, 0.15) is 43.3 Å². The average Bonchev–Trinajstić information content (AvgIpc) is 3.41. The van der Waals surface area contributed by atoms with E-state index in [0.717, 1.165) is 23.3 Å². The molecule has 0 aliphatic rings. The molecule has 9 heteroatoms. The molecule has 0 saturated carbocycles. The van der Waals surface area contributed by atoms with Crippen LogP contribution in [0.25, 0.3) is 11.0 Å². The zero-order valence-corrected chi connectivity index (χ0v) is 21.4. The van der Waals surface area contributed by atoms with Crippen molar-refractivity contribution in [3.05, 3.63) is 74.3 Å². The summed E-state index contributed by atoms with van der Waals surface area (Å²) in [5, 5.41) is 8.19. The van der Waals surface area contributed by atoms with Gasteiger partial charge in [0.25, 0.3) is 5.56 Å². The molecule has 0 spiro atoms. The highest BCUT2D eigenvalue weighted by molar-refractivity contribution is 7.15. The van der Waals surface area contributed by atoms with Gasteiger partial charge in [-0.1, -0.05) is 36.5 Å². The number of benzene rings is 2. The zero-order valence-electron chi connectivity index (χ0n) is 20.6. The number of fused-ring (bicyclic) bond motifs is 1. The van der Waals surface area contributed by atoms with E-state index in [1.165, 1.54) is 15.9 Å². The fourth-order valence-electron chi connectivity index (χ4n) is 3.83. The lowest BCUT2D eigenvalue weighted by Crippen LogP contribution is -2.31. The monoisotopic (exact) mass is 494 g/mol. The summed E-state index contributed by atoms with van der Waals surface area (Å²) in [6.07, 6.45) is 3.36. The number of methoxy groups -OCH3 is 3. The smallest absolute Gasteiger partial charge is 0.291 e. The topological polar surface area (TPSA) is 87.0 Å². The number of hydrogen-bond acceptors (Lipinski definition) is 8. The summed E-state index contributed by atoms with van der Waals surface area (Å²) in [6.45, 7) is 4.30. The predicted molar refractivity (Wildman–Crippen MR) is 138 cm³/mol. The van der Waals surface area contributed by atoms with E-state index >= 15 is 0 Å². The van der Waals surface area contributed by atoms with Crippen LogP contribution in [-0.2, 0) is 6.42 Å². The van der Waals surface area contributed by atoms with Gasteiger partial charge in [-0.2, -0.15) is 4.52 Å². The molecule has 0 aliphatic carbocycles. The average molecular weight is 495 g/mol. The molecule has 184 valence electrons. The van der Waals surface area contributed by atoms with E-state index in [9.17, 15) is 4.79 Å². The van der Waals surface area contributed by atoms with Crippen molar-refractivity contribution in [1.82, 2.24) is 19.9 Å². The second kappa shape index (κ2) is 10.9. The molecular weight excluding hydrogens is 464 g/mol. The third kappa shape index (κ3) is 5.47. The molecule has 4 rings (SSSR count). The minimum atomic E-state index is -0.189. The molecule has 2 unspecified atom stereocenters. The van der Waals surface area contributed by atoms with Crippen molar-refractivity contribution < 1.29 is 14.2 Å². The van der Waals surface area contributed by atoms with E-state index in [2.05, 4.69) is 35.3 Å². The highest BCUT2D eigenvalue weighted by Gasteiger charge is 2.19. The van der Waals surface area contributed by atoms with Crippen LogP contribution in [0.15, 0.2) is 47.3 Å². The van der Waals surface area contributed by atoms with Crippen LogP contribution in [0.5, 0.6) is 17.2 Å². The summed E-state index contributed by atoms with van der Waals surface area (Å²) in [6, 6.07) is 13.8. The first kappa shape index (κ1) is 24.7. The van der Waals surface area contributed by atoms with Crippen molar-refractivity contribution in [2.24, 2.45) is 0 Å². The van der Waals surface area contributed by atoms with Gasteiger partial charge in [-0.05, 0) is 54.8 Å². The SMILES string of the molecule is CCC(C)NC(Cc1nc2s/c(=C\c3ccc(OC)c(OC)c3)c(=O)n2n1)c1cccc(OC)c1. The molecule has 2 atom stereocenters. The van der Waals surface area contributed by atoms with Crippen LogP contribution < -0.4 is 29.6 Å². The number of rotatable bonds is 10. The highest BCUT2D eigenvalue weighted by atomic mass is 32.1. The van der Waals surface area contributed by atoms with Gasteiger partial charge in [0.2, 0.25) is 4.96 Å². The summed E-state index contributed by atoms with van der Waals surface area (Å²) in [5.41, 5.74) is 1.74. The first-order valence-electron chi connectivity index (χ1n) is 11.5. The maximum atomic E-state index is 13.0. The highest BCUT2D eigenvalue weighted by Crippen LogP contribution is 2.28. The van der Waals surface area contributed by atoms with Crippen LogP contribution in [0.4, 0.5) is 0 Å². The summed E-state index contributed by atoms with van der Waals surface area (Å²) in [4.78, 5) is 18.3. The lowest BCUT2D eigenvalue weighted by Gasteiger charge is -2.22. The number of ether oxygens (including phenoxy) is 3. The van der Waals surface area contributed by atoms with E-state index in [4.69, 9.17) is 14.2 Å². The maximum absolute atomic E-state index is 13.0. The van der Waals surface area contributed by atoms with Crippen LogP contribution in [0, 0.1) is 0 Å². The van der Waals surface area contributed by atoms with Gasteiger partial charge < -0.3 is 19.5 Å². The second-order valence-electron chi connectivity index (χ2n) is 8.26. The Balaban J connectivity index is 1.64. The van der Waals surface area contributed by atoms with Gasteiger partial charge in [0.1, 0.15) is 5.75 Å². The summed E-state index contributed by atoms with van der Waals surface area (Å²) < 4.78 is 18.0. The Morgan fingerprint density at radius 1 is 1.09 bits per heavy atom. The molecule has 1 N–H and O–H groups in total. The molecular formula is C26H30N4O4S. The summed E-state index contributed by atoms with van der Waals surface area (Å²) >= 11 is 1.32. The van der Waals surface area contributed by atoms with Gasteiger partial charge >= 0.3 is 0 Å². The Labute approximate surface area is 208 Å². The van der Waals surface area contributed by atoms with Crippen LogP contribution in [0.3, 0.4) is 0 Å². The van der Waals surface area contributed by atoms with Gasteiger partial charge in [0, 0.05) is 18.5 Å². The van der Waals surface area contributed by atoms with Crippen LogP contribution in [0.2, 0.25) is 0 Å². The predicted octanol–water partition coefficient (Wildman–Crippen LogP) is 3.40. The van der Waals surface area contributed by atoms with E-state index in [1.54, 1.807) is 21.3 Å². The summed E-state index contributed by atoms with van der Waals surface area (Å²) in [5.74, 6) is 2.66. The number of nitrogens with one attached hydrogen (secondary N) is 1. The molecule has 0 amide bonds. The first-order valence-corrected chi connectivity index (χ1v) is 12.3. The van der Waals surface area contributed by atoms with Crippen molar-refractivity contribution in [3.8, 4) is 17.2 Å². The number of hydrogen-bond donors (Lipinski definition) is 1. The zero-order chi connectivity index (χ0) is 24.9. The van der Waals surface area contributed by atoms with Crippen LogP contribution >= 0.6 is 11.3 Å². The van der Waals surface area contributed by atoms with Gasteiger partial charge in [0.05, 0.1) is 25.9 Å². The second-order valence-corrected chi connectivity index (χ2v) is 9.27. The Morgan fingerprint density at radius 3 is 2.57 bits per heavy atom. The lowest BCUT2D eigenvalue weighted by molar-refractivity contribution is 0.355. The molecule has 0 saturated heterocycles. The number of nitrogens with zero attached hydrogens (tertiary/aromatic N) is 3. The van der Waals surface area contributed by atoms with Gasteiger partial charge in [0.15, 0.2) is 17.3 Å². The molecule has 8 nitrogen and oxygen atoms in total. The molecule has 4 aromatic rings. The Kier molecular flexibility index (Phi) is 7.67. The minimum absolute atomic E-state index is 0.00921. The van der Waals surface area contributed by atoms with Crippen molar-refractivity contribution in [3.63, 3.8) is 0 Å². The Bertz CT molecular complexity index is 1410. The molecule has 2 aromatic heterocycles.